The second kappa shape index (κ2) is 4.09. The maximum absolute atomic E-state index is 11.3. The van der Waals surface area contributed by atoms with Gasteiger partial charge in [0.15, 0.2) is 0 Å². The molecule has 0 aromatic heterocycles. The van der Waals surface area contributed by atoms with Crippen molar-refractivity contribution in [2.24, 2.45) is 11.3 Å². The summed E-state index contributed by atoms with van der Waals surface area (Å²) in [4.78, 5) is 11.0. The van der Waals surface area contributed by atoms with E-state index < -0.39 is 21.2 Å². The van der Waals surface area contributed by atoms with Crippen molar-refractivity contribution in [2.45, 2.75) is 13.3 Å². The molecule has 1 fully saturated rings. The van der Waals surface area contributed by atoms with Crippen molar-refractivity contribution in [1.82, 2.24) is 0 Å². The van der Waals surface area contributed by atoms with E-state index in [1.165, 1.54) is 7.11 Å². The zero-order valence-electron chi connectivity index (χ0n) is 8.89. The third-order valence-corrected chi connectivity index (χ3v) is 4.74. The third kappa shape index (κ3) is 2.49. The van der Waals surface area contributed by atoms with E-state index >= 15 is 0 Å². The average Bonchev–Trinajstić information content (AvgIpc) is 2.80. The summed E-state index contributed by atoms with van der Waals surface area (Å²) < 4.78 is 27.5. The summed E-state index contributed by atoms with van der Waals surface area (Å²) in [5.41, 5.74) is -0.961. The highest BCUT2D eigenvalue weighted by Crippen LogP contribution is 2.53. The monoisotopic (exact) mass is 236 g/mol. The van der Waals surface area contributed by atoms with Crippen molar-refractivity contribution >= 4 is 15.8 Å². The molecule has 1 rings (SSSR count). The van der Waals surface area contributed by atoms with Crippen LogP contribution in [0.3, 0.4) is 0 Å². The number of carboxylic acids is 1. The average molecular weight is 236 g/mol. The Labute approximate surface area is 89.3 Å². The minimum absolute atomic E-state index is 0.0425. The van der Waals surface area contributed by atoms with E-state index in [4.69, 9.17) is 9.84 Å². The van der Waals surface area contributed by atoms with Gasteiger partial charge in [0.1, 0.15) is 9.84 Å². The summed E-state index contributed by atoms with van der Waals surface area (Å²) in [6.45, 7) is 1.66. The molecule has 0 unspecified atom stereocenters. The molecule has 1 N–H and O–H groups in total. The smallest absolute Gasteiger partial charge is 0.312 e. The quantitative estimate of drug-likeness (QED) is 0.710. The minimum atomic E-state index is -3.10. The minimum Gasteiger partial charge on any atom is -0.481 e. The van der Waals surface area contributed by atoms with Gasteiger partial charge >= 0.3 is 5.97 Å². The first-order chi connectivity index (χ1) is 6.88. The maximum atomic E-state index is 11.3. The molecule has 1 aliphatic rings. The molecule has 0 spiro atoms. The number of carboxylic acid groups (broad SMARTS) is 1. The summed E-state index contributed by atoms with van der Waals surface area (Å²) in [6.07, 6.45) is 0.398. The third-order valence-electron chi connectivity index (χ3n) is 2.95. The fraction of sp³-hybridized carbons (Fsp3) is 0.889. The number of ether oxygens (including phenoxy) is 1. The number of carbonyl (C=O) groups is 1. The molecule has 88 valence electrons. The summed E-state index contributed by atoms with van der Waals surface area (Å²) in [6, 6.07) is 0. The Morgan fingerprint density at radius 3 is 2.60 bits per heavy atom. The van der Waals surface area contributed by atoms with Crippen molar-refractivity contribution in [3.8, 4) is 0 Å². The first-order valence-electron chi connectivity index (χ1n) is 4.80. The molecule has 5 nitrogen and oxygen atoms in total. The number of methoxy groups -OCH3 is 1. The van der Waals surface area contributed by atoms with E-state index in [1.54, 1.807) is 6.92 Å². The Kier molecular flexibility index (Phi) is 3.40. The van der Waals surface area contributed by atoms with Gasteiger partial charge in [-0.3, -0.25) is 4.79 Å². The predicted molar refractivity (Wildman–Crippen MR) is 54.4 cm³/mol. The van der Waals surface area contributed by atoms with Gasteiger partial charge in [0.2, 0.25) is 0 Å². The van der Waals surface area contributed by atoms with Gasteiger partial charge in [-0.2, -0.15) is 0 Å². The Hall–Kier alpha value is -0.620. The Balaban J connectivity index is 2.67. The van der Waals surface area contributed by atoms with Crippen LogP contribution in [-0.4, -0.2) is 44.7 Å². The maximum Gasteiger partial charge on any atom is 0.312 e. The lowest BCUT2D eigenvalue weighted by atomic mass is 10.1. The number of sulfone groups is 1. The molecule has 15 heavy (non-hydrogen) atoms. The zero-order valence-corrected chi connectivity index (χ0v) is 9.71. The van der Waals surface area contributed by atoms with Crippen molar-refractivity contribution in [3.63, 3.8) is 0 Å². The first kappa shape index (κ1) is 12.4. The predicted octanol–water partition coefficient (Wildman–Crippen LogP) is 0.158. The molecule has 0 aromatic carbocycles. The van der Waals surface area contributed by atoms with Crippen LogP contribution in [0.1, 0.15) is 13.3 Å². The Morgan fingerprint density at radius 2 is 2.20 bits per heavy atom. The largest absolute Gasteiger partial charge is 0.481 e. The highest BCUT2D eigenvalue weighted by atomic mass is 32.2. The van der Waals surface area contributed by atoms with E-state index in [9.17, 15) is 13.2 Å². The van der Waals surface area contributed by atoms with Crippen molar-refractivity contribution in [3.05, 3.63) is 0 Å². The van der Waals surface area contributed by atoms with Gasteiger partial charge in [-0.1, -0.05) is 6.92 Å². The fourth-order valence-electron chi connectivity index (χ4n) is 1.78. The molecule has 2 atom stereocenters. The van der Waals surface area contributed by atoms with Gasteiger partial charge in [-0.15, -0.1) is 0 Å². The lowest BCUT2D eigenvalue weighted by Gasteiger charge is -2.10. The van der Waals surface area contributed by atoms with Crippen LogP contribution >= 0.6 is 0 Å². The van der Waals surface area contributed by atoms with E-state index in [0.717, 1.165) is 0 Å². The summed E-state index contributed by atoms with van der Waals surface area (Å²) in [7, 11) is -1.67. The standard InChI is InChI=1S/C9H16O5S/c1-3-15(12,13)5-7-4-9(7,6-14-2)8(10)11/h7H,3-6H2,1-2H3,(H,10,11)/t7-,9+/m0/s1. The number of aliphatic carboxylic acids is 1. The van der Waals surface area contributed by atoms with Crippen LogP contribution in [0.2, 0.25) is 0 Å². The number of hydrogen-bond donors (Lipinski definition) is 1. The number of hydrogen-bond acceptors (Lipinski definition) is 4. The van der Waals surface area contributed by atoms with Crippen molar-refractivity contribution < 1.29 is 23.1 Å². The highest BCUT2D eigenvalue weighted by Gasteiger charge is 2.61. The van der Waals surface area contributed by atoms with E-state index in [1.807, 2.05) is 0 Å². The van der Waals surface area contributed by atoms with Gasteiger partial charge in [0.25, 0.3) is 0 Å². The topological polar surface area (TPSA) is 80.7 Å². The molecule has 6 heteroatoms. The van der Waals surface area contributed by atoms with E-state index in [0.29, 0.717) is 6.42 Å². The second-order valence-electron chi connectivity index (χ2n) is 3.99. The Bertz CT molecular complexity index is 348. The van der Waals surface area contributed by atoms with Crippen LogP contribution in [-0.2, 0) is 19.4 Å². The molecule has 0 aliphatic heterocycles. The molecule has 0 bridgehead atoms. The molecule has 1 saturated carbocycles. The van der Waals surface area contributed by atoms with Crippen LogP contribution in [0.25, 0.3) is 0 Å². The molecule has 0 radical (unpaired) electrons. The second-order valence-corrected chi connectivity index (χ2v) is 6.39. The summed E-state index contributed by atoms with van der Waals surface area (Å²) in [5, 5.41) is 9.00. The molecule has 0 amide bonds. The normalized spacial score (nSPS) is 30.1. The molecule has 0 aromatic rings. The molecular weight excluding hydrogens is 220 g/mol. The molecule has 1 aliphatic carbocycles. The van der Waals surface area contributed by atoms with E-state index in [-0.39, 0.29) is 24.0 Å². The van der Waals surface area contributed by atoms with Gasteiger partial charge in [-0.25, -0.2) is 8.42 Å². The fourth-order valence-corrected chi connectivity index (χ4v) is 3.07. The van der Waals surface area contributed by atoms with Crippen LogP contribution < -0.4 is 0 Å². The lowest BCUT2D eigenvalue weighted by Crippen LogP contribution is -2.26. The summed E-state index contributed by atoms with van der Waals surface area (Å²) in [5.74, 6) is -1.23. The van der Waals surface area contributed by atoms with Crippen LogP contribution in [0.15, 0.2) is 0 Å². The van der Waals surface area contributed by atoms with Crippen LogP contribution in [0.4, 0.5) is 0 Å². The van der Waals surface area contributed by atoms with Crippen molar-refractivity contribution in [1.29, 1.82) is 0 Å². The lowest BCUT2D eigenvalue weighted by molar-refractivity contribution is -0.146. The van der Waals surface area contributed by atoms with E-state index in [2.05, 4.69) is 0 Å². The molecular formula is C9H16O5S. The van der Waals surface area contributed by atoms with Crippen LogP contribution in [0.5, 0.6) is 0 Å². The number of rotatable bonds is 6. The van der Waals surface area contributed by atoms with Crippen LogP contribution in [0, 0.1) is 11.3 Å². The summed E-state index contributed by atoms with van der Waals surface area (Å²) >= 11 is 0. The molecule has 0 heterocycles. The van der Waals surface area contributed by atoms with Gasteiger partial charge in [0, 0.05) is 12.9 Å². The van der Waals surface area contributed by atoms with Crippen molar-refractivity contribution in [2.75, 3.05) is 25.2 Å². The Morgan fingerprint density at radius 1 is 1.60 bits per heavy atom. The van der Waals surface area contributed by atoms with Gasteiger partial charge < -0.3 is 9.84 Å². The SMILES string of the molecule is CCS(=O)(=O)C[C@@H]1C[C@]1(COC)C(=O)O. The van der Waals surface area contributed by atoms with Gasteiger partial charge in [0.05, 0.1) is 17.8 Å². The zero-order chi connectivity index (χ0) is 11.7. The molecule has 0 saturated heterocycles. The highest BCUT2D eigenvalue weighted by molar-refractivity contribution is 7.91. The van der Waals surface area contributed by atoms with Gasteiger partial charge in [-0.05, 0) is 12.3 Å². The first-order valence-corrected chi connectivity index (χ1v) is 6.63.